The average Bonchev–Trinajstić information content (AvgIpc) is 3.03. The van der Waals surface area contributed by atoms with Crippen LogP contribution in [-0.4, -0.2) is 39.0 Å². The Kier molecular flexibility index (Phi) is 4.03. The number of likely N-dealkylation sites (tertiary alicyclic amines) is 1. The van der Waals surface area contributed by atoms with Crippen LogP contribution in [0.15, 0.2) is 36.5 Å². The number of aryl methyl sites for hydroxylation is 1. The topological polar surface area (TPSA) is 41.3 Å². The van der Waals surface area contributed by atoms with Crippen LogP contribution in [-0.2, 0) is 13.5 Å². The van der Waals surface area contributed by atoms with Gasteiger partial charge in [-0.25, -0.2) is 4.39 Å². The monoisotopic (exact) mass is 289 g/mol. The van der Waals surface area contributed by atoms with Crippen molar-refractivity contribution in [1.29, 1.82) is 0 Å². The van der Waals surface area contributed by atoms with Crippen molar-refractivity contribution in [3.05, 3.63) is 53.6 Å². The lowest BCUT2D eigenvalue weighted by molar-refractivity contribution is 0.175. The molecule has 1 aliphatic rings. The number of β-amino-alcohol motifs (C(OH)–C–C–N with tert-alkyl or cyclic N) is 1. The second-order valence-corrected chi connectivity index (χ2v) is 5.65. The normalized spacial score (nSPS) is 22.8. The smallest absolute Gasteiger partial charge is 0.123 e. The zero-order chi connectivity index (χ0) is 14.8. The number of halogens is 1. The summed E-state index contributed by atoms with van der Waals surface area (Å²) in [5.74, 6) is -0.223. The molecule has 4 nitrogen and oxygen atoms in total. The van der Waals surface area contributed by atoms with Gasteiger partial charge in [-0.1, -0.05) is 12.1 Å². The maximum Gasteiger partial charge on any atom is 0.123 e. The highest BCUT2D eigenvalue weighted by molar-refractivity contribution is 5.21. The standard InChI is InChI=1S/C16H20FN3O/c1-19-14(6-8-18-19)7-9-20-11-15(21)10-16(20)12-2-4-13(17)5-3-12/h2-6,8,15-16,21H,7,9-11H2,1H3/t15-,16+/m0/s1. The minimum atomic E-state index is -0.313. The van der Waals surface area contributed by atoms with Crippen LogP contribution in [0.3, 0.4) is 0 Å². The van der Waals surface area contributed by atoms with Crippen LogP contribution in [0.25, 0.3) is 0 Å². The minimum absolute atomic E-state index is 0.161. The summed E-state index contributed by atoms with van der Waals surface area (Å²) in [6.07, 6.45) is 3.08. The summed E-state index contributed by atoms with van der Waals surface area (Å²) in [7, 11) is 1.94. The first-order valence-electron chi connectivity index (χ1n) is 7.28. The summed E-state index contributed by atoms with van der Waals surface area (Å²) in [4.78, 5) is 2.27. The predicted molar refractivity (Wildman–Crippen MR) is 78.2 cm³/mol. The van der Waals surface area contributed by atoms with Crippen LogP contribution < -0.4 is 0 Å². The summed E-state index contributed by atoms with van der Waals surface area (Å²) in [6.45, 7) is 1.53. The lowest BCUT2D eigenvalue weighted by Gasteiger charge is -2.24. The second kappa shape index (κ2) is 5.95. The van der Waals surface area contributed by atoms with E-state index in [0.29, 0.717) is 13.0 Å². The van der Waals surface area contributed by atoms with Crippen molar-refractivity contribution < 1.29 is 9.50 Å². The number of hydrogen-bond donors (Lipinski definition) is 1. The number of rotatable bonds is 4. The van der Waals surface area contributed by atoms with Crippen molar-refractivity contribution in [3.8, 4) is 0 Å². The van der Waals surface area contributed by atoms with Gasteiger partial charge in [0.2, 0.25) is 0 Å². The lowest BCUT2D eigenvalue weighted by atomic mass is 10.0. The molecule has 5 heteroatoms. The maximum absolute atomic E-state index is 13.1. The number of aliphatic hydroxyl groups excluding tert-OH is 1. The molecular formula is C16H20FN3O. The molecule has 1 aromatic heterocycles. The van der Waals surface area contributed by atoms with Crippen LogP contribution in [0.5, 0.6) is 0 Å². The zero-order valence-electron chi connectivity index (χ0n) is 12.1. The molecule has 0 radical (unpaired) electrons. The Labute approximate surface area is 123 Å². The number of aromatic nitrogens is 2. The Morgan fingerprint density at radius 1 is 1.29 bits per heavy atom. The van der Waals surface area contributed by atoms with Gasteiger partial charge in [0, 0.05) is 44.5 Å². The molecule has 0 saturated carbocycles. The van der Waals surface area contributed by atoms with E-state index in [4.69, 9.17) is 0 Å². The molecule has 1 aliphatic heterocycles. The molecule has 1 fully saturated rings. The Morgan fingerprint density at radius 2 is 2.05 bits per heavy atom. The first kappa shape index (κ1) is 14.2. The van der Waals surface area contributed by atoms with Gasteiger partial charge in [0.05, 0.1) is 6.10 Å². The molecule has 1 aromatic carbocycles. The minimum Gasteiger partial charge on any atom is -0.392 e. The first-order chi connectivity index (χ1) is 10.1. The fourth-order valence-electron chi connectivity index (χ4n) is 3.06. The Morgan fingerprint density at radius 3 is 2.71 bits per heavy atom. The second-order valence-electron chi connectivity index (χ2n) is 5.65. The molecule has 2 aromatic rings. The molecule has 1 saturated heterocycles. The number of benzene rings is 1. The van der Waals surface area contributed by atoms with E-state index in [0.717, 1.165) is 18.5 Å². The summed E-state index contributed by atoms with van der Waals surface area (Å²) in [5.41, 5.74) is 2.24. The first-order valence-corrected chi connectivity index (χ1v) is 7.28. The van der Waals surface area contributed by atoms with Crippen molar-refractivity contribution in [2.45, 2.75) is 25.0 Å². The van der Waals surface area contributed by atoms with Crippen LogP contribution in [0.4, 0.5) is 4.39 Å². The molecule has 2 heterocycles. The Balaban J connectivity index is 1.70. The van der Waals surface area contributed by atoms with Gasteiger partial charge in [0.15, 0.2) is 0 Å². The van der Waals surface area contributed by atoms with Crippen molar-refractivity contribution in [2.24, 2.45) is 7.05 Å². The molecule has 0 aliphatic carbocycles. The molecule has 0 bridgehead atoms. The molecule has 2 atom stereocenters. The van der Waals surface area contributed by atoms with Gasteiger partial charge in [-0.2, -0.15) is 5.10 Å². The van der Waals surface area contributed by atoms with Crippen LogP contribution >= 0.6 is 0 Å². The molecule has 0 amide bonds. The van der Waals surface area contributed by atoms with Gasteiger partial charge < -0.3 is 5.11 Å². The third-order valence-corrected chi connectivity index (χ3v) is 4.21. The number of hydrogen-bond acceptors (Lipinski definition) is 3. The van der Waals surface area contributed by atoms with E-state index in [1.54, 1.807) is 6.20 Å². The molecular weight excluding hydrogens is 269 g/mol. The molecule has 112 valence electrons. The van der Waals surface area contributed by atoms with E-state index in [9.17, 15) is 9.50 Å². The van der Waals surface area contributed by atoms with Gasteiger partial charge in [0.1, 0.15) is 5.82 Å². The summed E-state index contributed by atoms with van der Waals surface area (Å²) < 4.78 is 14.9. The summed E-state index contributed by atoms with van der Waals surface area (Å²) in [5, 5.41) is 14.1. The van der Waals surface area contributed by atoms with Crippen molar-refractivity contribution >= 4 is 0 Å². The van der Waals surface area contributed by atoms with Crippen molar-refractivity contribution in [2.75, 3.05) is 13.1 Å². The van der Waals surface area contributed by atoms with Crippen LogP contribution in [0.2, 0.25) is 0 Å². The molecule has 0 unspecified atom stereocenters. The maximum atomic E-state index is 13.1. The van der Waals surface area contributed by atoms with Gasteiger partial charge in [0.25, 0.3) is 0 Å². The predicted octanol–water partition coefficient (Wildman–Crippen LogP) is 1.91. The Bertz CT molecular complexity index is 596. The van der Waals surface area contributed by atoms with Crippen LogP contribution in [0.1, 0.15) is 23.7 Å². The van der Waals surface area contributed by atoms with Crippen molar-refractivity contribution in [1.82, 2.24) is 14.7 Å². The molecule has 1 N–H and O–H groups in total. The Hall–Kier alpha value is -1.72. The van der Waals surface area contributed by atoms with E-state index >= 15 is 0 Å². The van der Waals surface area contributed by atoms with E-state index < -0.39 is 0 Å². The fraction of sp³-hybridized carbons (Fsp3) is 0.438. The average molecular weight is 289 g/mol. The van der Waals surface area contributed by atoms with E-state index in [1.807, 2.05) is 29.9 Å². The largest absolute Gasteiger partial charge is 0.392 e. The zero-order valence-corrected chi connectivity index (χ0v) is 12.1. The van der Waals surface area contributed by atoms with E-state index in [2.05, 4.69) is 10.00 Å². The quantitative estimate of drug-likeness (QED) is 0.935. The molecule has 21 heavy (non-hydrogen) atoms. The number of aliphatic hydroxyl groups is 1. The van der Waals surface area contributed by atoms with Gasteiger partial charge in [-0.05, 0) is 30.2 Å². The highest BCUT2D eigenvalue weighted by Crippen LogP contribution is 2.32. The van der Waals surface area contributed by atoms with Crippen molar-refractivity contribution in [3.63, 3.8) is 0 Å². The summed E-state index contributed by atoms with van der Waals surface area (Å²) >= 11 is 0. The highest BCUT2D eigenvalue weighted by Gasteiger charge is 2.31. The van der Waals surface area contributed by atoms with Gasteiger partial charge in [-0.3, -0.25) is 9.58 Å². The highest BCUT2D eigenvalue weighted by atomic mass is 19.1. The van der Waals surface area contributed by atoms with Gasteiger partial charge >= 0.3 is 0 Å². The number of nitrogens with zero attached hydrogens (tertiary/aromatic N) is 3. The third-order valence-electron chi connectivity index (χ3n) is 4.21. The molecule has 3 rings (SSSR count). The van der Waals surface area contributed by atoms with E-state index in [-0.39, 0.29) is 18.0 Å². The van der Waals surface area contributed by atoms with Gasteiger partial charge in [-0.15, -0.1) is 0 Å². The molecule has 0 spiro atoms. The third kappa shape index (κ3) is 3.14. The summed E-state index contributed by atoms with van der Waals surface area (Å²) in [6, 6.07) is 8.77. The SMILES string of the molecule is Cn1nccc1CCN1C[C@@H](O)C[C@@H]1c1ccc(F)cc1. The van der Waals surface area contributed by atoms with E-state index in [1.165, 1.54) is 17.8 Å². The fourth-order valence-corrected chi connectivity index (χ4v) is 3.06. The lowest BCUT2D eigenvalue weighted by Crippen LogP contribution is -2.27. The van der Waals surface area contributed by atoms with Crippen LogP contribution in [0, 0.1) is 5.82 Å².